The zero-order chi connectivity index (χ0) is 6.53. The highest BCUT2D eigenvalue weighted by atomic mass is 14.3. The third-order valence-electron chi connectivity index (χ3n) is 1.41. The van der Waals surface area contributed by atoms with E-state index in [-0.39, 0.29) is 0 Å². The first-order valence-electron chi connectivity index (χ1n) is 3.28. The molecule has 1 aliphatic rings. The van der Waals surface area contributed by atoms with Crippen LogP contribution < -0.4 is 0 Å². The summed E-state index contributed by atoms with van der Waals surface area (Å²) in [5.74, 6) is 0. The largest absolute Gasteiger partial charge is 0.313 e. The lowest BCUT2D eigenvalue weighted by Gasteiger charge is -2.01. The van der Waals surface area contributed by atoms with Crippen molar-refractivity contribution in [2.75, 3.05) is 0 Å². The molecule has 0 bridgehead atoms. The SMILES string of the molecule is N=CCC1=CCCC=C1. The normalized spacial score (nSPS) is 17.1. The smallest absolute Gasteiger partial charge is 0.00682 e. The fourth-order valence-corrected chi connectivity index (χ4v) is 0.937. The quantitative estimate of drug-likeness (QED) is 0.542. The van der Waals surface area contributed by atoms with Gasteiger partial charge in [0.2, 0.25) is 0 Å². The Morgan fingerprint density at radius 2 is 2.44 bits per heavy atom. The number of hydrogen-bond acceptors (Lipinski definition) is 1. The molecule has 0 atom stereocenters. The second-order valence-corrected chi connectivity index (χ2v) is 2.17. The van der Waals surface area contributed by atoms with Gasteiger partial charge in [0, 0.05) is 6.42 Å². The van der Waals surface area contributed by atoms with Crippen LogP contribution in [0.1, 0.15) is 19.3 Å². The summed E-state index contributed by atoms with van der Waals surface area (Å²) >= 11 is 0. The van der Waals surface area contributed by atoms with Crippen LogP contribution in [0, 0.1) is 5.41 Å². The first-order chi connectivity index (χ1) is 4.43. The molecular formula is C8H11N. The fourth-order valence-electron chi connectivity index (χ4n) is 0.937. The van der Waals surface area contributed by atoms with E-state index in [0.29, 0.717) is 0 Å². The fraction of sp³-hybridized carbons (Fsp3) is 0.375. The molecule has 0 amide bonds. The molecule has 0 spiro atoms. The highest BCUT2D eigenvalue weighted by Gasteiger charge is 1.92. The third-order valence-corrected chi connectivity index (χ3v) is 1.41. The summed E-state index contributed by atoms with van der Waals surface area (Å²) in [5.41, 5.74) is 1.29. The Hall–Kier alpha value is -0.850. The Labute approximate surface area is 55.6 Å². The van der Waals surface area contributed by atoms with Gasteiger partial charge in [-0.1, -0.05) is 18.2 Å². The lowest BCUT2D eigenvalue weighted by atomic mass is 10.1. The minimum Gasteiger partial charge on any atom is -0.313 e. The minimum atomic E-state index is 0.802. The maximum atomic E-state index is 6.84. The van der Waals surface area contributed by atoms with Gasteiger partial charge in [-0.3, -0.25) is 0 Å². The van der Waals surface area contributed by atoms with Crippen LogP contribution in [0.5, 0.6) is 0 Å². The number of hydrogen-bond donors (Lipinski definition) is 1. The molecule has 0 aliphatic heterocycles. The van der Waals surface area contributed by atoms with Gasteiger partial charge in [-0.2, -0.15) is 0 Å². The minimum absolute atomic E-state index is 0.802. The summed E-state index contributed by atoms with van der Waals surface area (Å²) in [6.45, 7) is 0. The van der Waals surface area contributed by atoms with Crippen LogP contribution >= 0.6 is 0 Å². The van der Waals surface area contributed by atoms with Gasteiger partial charge in [0.25, 0.3) is 0 Å². The molecule has 9 heavy (non-hydrogen) atoms. The molecular weight excluding hydrogens is 110 g/mol. The van der Waals surface area contributed by atoms with Crippen molar-refractivity contribution >= 4 is 6.21 Å². The Kier molecular flexibility index (Phi) is 2.25. The molecule has 0 aromatic heterocycles. The van der Waals surface area contributed by atoms with Crippen LogP contribution in [-0.2, 0) is 0 Å². The first-order valence-corrected chi connectivity index (χ1v) is 3.28. The highest BCUT2D eigenvalue weighted by molar-refractivity contribution is 5.59. The van der Waals surface area contributed by atoms with Crippen LogP contribution in [-0.4, -0.2) is 6.21 Å². The van der Waals surface area contributed by atoms with E-state index in [9.17, 15) is 0 Å². The van der Waals surface area contributed by atoms with E-state index >= 15 is 0 Å². The summed E-state index contributed by atoms with van der Waals surface area (Å²) in [7, 11) is 0. The standard InChI is InChI=1S/C8H11N/c9-7-6-8-4-2-1-3-5-8/h2,4-5,7,9H,1,3,6H2. The Bertz CT molecular complexity index is 154. The number of allylic oxidation sites excluding steroid dienone is 4. The van der Waals surface area contributed by atoms with E-state index in [1.165, 1.54) is 18.2 Å². The Morgan fingerprint density at radius 3 is 3.00 bits per heavy atom. The van der Waals surface area contributed by atoms with Crippen molar-refractivity contribution in [2.24, 2.45) is 0 Å². The van der Waals surface area contributed by atoms with Gasteiger partial charge in [0.15, 0.2) is 0 Å². The van der Waals surface area contributed by atoms with E-state index in [1.54, 1.807) is 0 Å². The van der Waals surface area contributed by atoms with Gasteiger partial charge in [-0.25, -0.2) is 0 Å². The van der Waals surface area contributed by atoms with Crippen molar-refractivity contribution < 1.29 is 0 Å². The molecule has 0 aromatic carbocycles. The van der Waals surface area contributed by atoms with Crippen molar-refractivity contribution in [3.63, 3.8) is 0 Å². The molecule has 0 fully saturated rings. The van der Waals surface area contributed by atoms with Crippen LogP contribution in [0.4, 0.5) is 0 Å². The molecule has 0 aromatic rings. The highest BCUT2D eigenvalue weighted by Crippen LogP contribution is 2.10. The average molecular weight is 121 g/mol. The lowest BCUT2D eigenvalue weighted by Crippen LogP contribution is -1.84. The zero-order valence-electron chi connectivity index (χ0n) is 5.43. The monoisotopic (exact) mass is 121 g/mol. The van der Waals surface area contributed by atoms with Gasteiger partial charge in [-0.05, 0) is 24.6 Å². The Balaban J connectivity index is 2.47. The van der Waals surface area contributed by atoms with Crippen molar-refractivity contribution in [3.05, 3.63) is 23.8 Å². The number of nitrogens with one attached hydrogen (secondary N) is 1. The van der Waals surface area contributed by atoms with E-state index in [4.69, 9.17) is 5.41 Å². The van der Waals surface area contributed by atoms with Gasteiger partial charge < -0.3 is 5.41 Å². The molecule has 0 saturated carbocycles. The van der Waals surface area contributed by atoms with Gasteiger partial charge in [0.1, 0.15) is 0 Å². The molecule has 1 nitrogen and oxygen atoms in total. The zero-order valence-corrected chi connectivity index (χ0v) is 5.43. The summed E-state index contributed by atoms with van der Waals surface area (Å²) < 4.78 is 0. The van der Waals surface area contributed by atoms with Crippen LogP contribution in [0.3, 0.4) is 0 Å². The molecule has 0 saturated heterocycles. The molecule has 48 valence electrons. The first kappa shape index (κ1) is 6.27. The third kappa shape index (κ3) is 1.84. The van der Waals surface area contributed by atoms with Crippen molar-refractivity contribution in [1.29, 1.82) is 5.41 Å². The van der Waals surface area contributed by atoms with E-state index in [2.05, 4.69) is 18.2 Å². The van der Waals surface area contributed by atoms with E-state index < -0.39 is 0 Å². The predicted octanol–water partition coefficient (Wildman–Crippen LogP) is 2.30. The van der Waals surface area contributed by atoms with Crippen molar-refractivity contribution in [1.82, 2.24) is 0 Å². The van der Waals surface area contributed by atoms with Gasteiger partial charge in [0.05, 0.1) is 0 Å². The van der Waals surface area contributed by atoms with Gasteiger partial charge in [-0.15, -0.1) is 0 Å². The molecule has 1 rings (SSSR count). The Morgan fingerprint density at radius 1 is 1.56 bits per heavy atom. The topological polar surface area (TPSA) is 23.9 Å². The summed E-state index contributed by atoms with van der Waals surface area (Å²) in [5, 5.41) is 6.84. The predicted molar refractivity (Wildman–Crippen MR) is 39.9 cm³/mol. The second-order valence-electron chi connectivity index (χ2n) is 2.17. The summed E-state index contributed by atoms with van der Waals surface area (Å²) in [4.78, 5) is 0. The van der Waals surface area contributed by atoms with Crippen LogP contribution in [0.25, 0.3) is 0 Å². The molecule has 0 heterocycles. The second kappa shape index (κ2) is 3.23. The summed E-state index contributed by atoms with van der Waals surface area (Å²) in [6.07, 6.45) is 11.0. The average Bonchev–Trinajstić information content (AvgIpc) is 1.91. The van der Waals surface area contributed by atoms with E-state index in [1.807, 2.05) is 0 Å². The molecule has 0 radical (unpaired) electrons. The van der Waals surface area contributed by atoms with Crippen molar-refractivity contribution in [3.8, 4) is 0 Å². The van der Waals surface area contributed by atoms with E-state index in [0.717, 1.165) is 12.8 Å². The summed E-state index contributed by atoms with van der Waals surface area (Å²) in [6, 6.07) is 0. The molecule has 1 heteroatoms. The molecule has 1 aliphatic carbocycles. The van der Waals surface area contributed by atoms with Crippen molar-refractivity contribution in [2.45, 2.75) is 19.3 Å². The maximum absolute atomic E-state index is 6.84. The van der Waals surface area contributed by atoms with Gasteiger partial charge >= 0.3 is 0 Å². The van der Waals surface area contributed by atoms with Crippen LogP contribution in [0.15, 0.2) is 23.8 Å². The maximum Gasteiger partial charge on any atom is 0.00682 e. The lowest BCUT2D eigenvalue weighted by molar-refractivity contribution is 1.01. The molecule has 1 N–H and O–H groups in total. The molecule has 0 unspecified atom stereocenters. The van der Waals surface area contributed by atoms with Crippen LogP contribution in [0.2, 0.25) is 0 Å². The number of rotatable bonds is 2.